The molecule has 38 heavy (non-hydrogen) atoms. The molecule has 0 radical (unpaired) electrons. The number of aromatic nitrogens is 3. The van der Waals surface area contributed by atoms with Gasteiger partial charge in [-0.25, -0.2) is 18.4 Å². The summed E-state index contributed by atoms with van der Waals surface area (Å²) in [6, 6.07) is 14.1. The monoisotopic (exact) mass is 552 g/mol. The Morgan fingerprint density at radius 1 is 1.00 bits per heavy atom. The van der Waals surface area contributed by atoms with Gasteiger partial charge in [0.2, 0.25) is 11.8 Å². The molecule has 198 valence electrons. The molecule has 11 heteroatoms. The molecule has 1 fully saturated rings. The third kappa shape index (κ3) is 5.38. The number of nitrogens with one attached hydrogen (secondary N) is 2. The molecule has 5 rings (SSSR count). The largest absolute Gasteiger partial charge is 0.480 e. The Balaban J connectivity index is 1.41. The van der Waals surface area contributed by atoms with Gasteiger partial charge in [0.25, 0.3) is 10.0 Å². The lowest BCUT2D eigenvalue weighted by molar-refractivity contribution is 0.400. The molecule has 4 aromatic rings. The lowest BCUT2D eigenvalue weighted by Crippen LogP contribution is -2.33. The smallest absolute Gasteiger partial charge is 0.264 e. The average molecular weight is 553 g/mol. The van der Waals surface area contributed by atoms with Crippen LogP contribution in [0.25, 0.3) is 22.0 Å². The summed E-state index contributed by atoms with van der Waals surface area (Å²) >= 11 is 6.08. The number of hydrogen-bond donors (Lipinski definition) is 3. The lowest BCUT2D eigenvalue weighted by atomic mass is 9.92. The molecule has 0 atom stereocenters. The Morgan fingerprint density at radius 3 is 2.47 bits per heavy atom. The molecule has 0 saturated heterocycles. The summed E-state index contributed by atoms with van der Waals surface area (Å²) in [7, 11) is -2.44. The Morgan fingerprint density at radius 2 is 1.74 bits per heavy atom. The van der Waals surface area contributed by atoms with E-state index < -0.39 is 10.0 Å². The number of aryl methyl sites for hydroxylation is 1. The molecule has 4 N–H and O–H groups in total. The third-order valence-corrected chi connectivity index (χ3v) is 8.70. The van der Waals surface area contributed by atoms with E-state index in [0.717, 1.165) is 47.7 Å². The number of benzene rings is 2. The average Bonchev–Trinajstić information content (AvgIpc) is 2.90. The number of ether oxygens (including phenoxy) is 1. The molecule has 0 unspecified atom stereocenters. The normalized spacial score (nSPS) is 17.8. The van der Waals surface area contributed by atoms with Crippen LogP contribution >= 0.6 is 11.6 Å². The standard InChI is InChI=1S/C27H29ClN6O3S/c1-16-19(11-13-23-21(16)15-30-27(32-23)31-18-9-7-17(29)8-10-18)20-12-14-25(33-26(20)37-2)34-38(35,36)24-6-4-3-5-22(24)28/h3-6,11-15,17-18H,7-10,29H2,1-2H3,(H,33,34)(H,30,31,32)/t17-,18-. The minimum absolute atomic E-state index is 0.0298. The van der Waals surface area contributed by atoms with E-state index in [0.29, 0.717) is 17.6 Å². The SMILES string of the molecule is COc1nc(NS(=O)(=O)c2ccccc2Cl)ccc1-c1ccc2nc(N[C@H]3CC[C@H](N)CC3)ncc2c1C. The van der Waals surface area contributed by atoms with Gasteiger partial charge in [0.1, 0.15) is 10.7 Å². The van der Waals surface area contributed by atoms with Crippen LogP contribution in [0.15, 0.2) is 59.6 Å². The van der Waals surface area contributed by atoms with Crippen LogP contribution in [0.4, 0.5) is 11.8 Å². The maximum absolute atomic E-state index is 12.8. The number of rotatable bonds is 7. The number of hydrogen-bond acceptors (Lipinski definition) is 8. The van der Waals surface area contributed by atoms with Crippen molar-refractivity contribution in [3.63, 3.8) is 0 Å². The van der Waals surface area contributed by atoms with Crippen molar-refractivity contribution in [1.82, 2.24) is 15.0 Å². The minimum atomic E-state index is -3.93. The van der Waals surface area contributed by atoms with Crippen molar-refractivity contribution >= 4 is 44.3 Å². The first-order valence-corrected chi connectivity index (χ1v) is 14.2. The van der Waals surface area contributed by atoms with Gasteiger partial charge in [0.05, 0.1) is 17.6 Å². The van der Waals surface area contributed by atoms with Crippen molar-refractivity contribution in [2.45, 2.75) is 49.6 Å². The quantitative estimate of drug-likeness (QED) is 0.287. The van der Waals surface area contributed by atoms with E-state index in [1.807, 2.05) is 25.3 Å². The van der Waals surface area contributed by atoms with Gasteiger partial charge in [0.15, 0.2) is 0 Å². The maximum Gasteiger partial charge on any atom is 0.264 e. The van der Waals surface area contributed by atoms with Gasteiger partial charge in [-0.15, -0.1) is 0 Å². The first-order chi connectivity index (χ1) is 18.2. The first kappa shape index (κ1) is 26.1. The number of pyridine rings is 1. The summed E-state index contributed by atoms with van der Waals surface area (Å²) < 4.78 is 33.7. The van der Waals surface area contributed by atoms with Crippen LogP contribution in [0.3, 0.4) is 0 Å². The number of nitrogens with two attached hydrogens (primary N) is 1. The zero-order valence-electron chi connectivity index (χ0n) is 21.1. The lowest BCUT2D eigenvalue weighted by Gasteiger charge is -2.26. The highest BCUT2D eigenvalue weighted by Gasteiger charge is 2.21. The number of methoxy groups -OCH3 is 1. The minimum Gasteiger partial charge on any atom is -0.480 e. The Bertz CT molecular complexity index is 1590. The van der Waals surface area contributed by atoms with Gasteiger partial charge in [-0.2, -0.15) is 4.98 Å². The first-order valence-electron chi connectivity index (χ1n) is 12.4. The summed E-state index contributed by atoms with van der Waals surface area (Å²) in [6.07, 6.45) is 5.85. The molecule has 0 amide bonds. The summed E-state index contributed by atoms with van der Waals surface area (Å²) in [4.78, 5) is 13.7. The second-order valence-electron chi connectivity index (χ2n) is 9.41. The molecule has 0 spiro atoms. The molecular formula is C27H29ClN6O3S. The zero-order chi connectivity index (χ0) is 26.9. The molecule has 0 bridgehead atoms. The molecule has 2 heterocycles. The molecule has 1 aliphatic rings. The second-order valence-corrected chi connectivity index (χ2v) is 11.5. The fourth-order valence-electron chi connectivity index (χ4n) is 4.76. The van der Waals surface area contributed by atoms with E-state index in [2.05, 4.69) is 20.0 Å². The van der Waals surface area contributed by atoms with Crippen LogP contribution < -0.4 is 20.5 Å². The number of fused-ring (bicyclic) bond motifs is 1. The van der Waals surface area contributed by atoms with Gasteiger partial charge >= 0.3 is 0 Å². The second kappa shape index (κ2) is 10.7. The summed E-state index contributed by atoms with van der Waals surface area (Å²) in [5.74, 6) is 1.01. The van der Waals surface area contributed by atoms with Crippen molar-refractivity contribution in [2.24, 2.45) is 5.73 Å². The van der Waals surface area contributed by atoms with E-state index in [9.17, 15) is 8.42 Å². The van der Waals surface area contributed by atoms with Gasteiger partial charge in [-0.3, -0.25) is 4.72 Å². The number of anilines is 2. The van der Waals surface area contributed by atoms with Crippen molar-refractivity contribution < 1.29 is 13.2 Å². The third-order valence-electron chi connectivity index (χ3n) is 6.85. The molecule has 2 aromatic carbocycles. The van der Waals surface area contributed by atoms with Gasteiger partial charge in [-0.1, -0.05) is 29.8 Å². The van der Waals surface area contributed by atoms with E-state index in [1.54, 1.807) is 24.3 Å². The Hall–Kier alpha value is -3.47. The van der Waals surface area contributed by atoms with Crippen LogP contribution in [-0.2, 0) is 10.0 Å². The van der Waals surface area contributed by atoms with E-state index in [4.69, 9.17) is 27.1 Å². The van der Waals surface area contributed by atoms with Crippen molar-refractivity contribution in [1.29, 1.82) is 0 Å². The van der Waals surface area contributed by atoms with E-state index in [-0.39, 0.29) is 27.7 Å². The molecule has 1 saturated carbocycles. The topological polar surface area (TPSA) is 132 Å². The maximum atomic E-state index is 12.8. The highest BCUT2D eigenvalue weighted by Crippen LogP contribution is 2.35. The zero-order valence-corrected chi connectivity index (χ0v) is 22.7. The van der Waals surface area contributed by atoms with Crippen molar-refractivity contribution in [2.75, 3.05) is 17.1 Å². The summed E-state index contributed by atoms with van der Waals surface area (Å²) in [5.41, 5.74) is 9.41. The van der Waals surface area contributed by atoms with E-state index in [1.165, 1.54) is 19.2 Å². The highest BCUT2D eigenvalue weighted by molar-refractivity contribution is 7.92. The van der Waals surface area contributed by atoms with Crippen LogP contribution in [0, 0.1) is 6.92 Å². The predicted octanol–water partition coefficient (Wildman–Crippen LogP) is 5.14. The summed E-state index contributed by atoms with van der Waals surface area (Å²) in [6.45, 7) is 1.99. The molecular weight excluding hydrogens is 524 g/mol. The van der Waals surface area contributed by atoms with E-state index >= 15 is 0 Å². The molecule has 9 nitrogen and oxygen atoms in total. The molecule has 1 aliphatic carbocycles. The summed E-state index contributed by atoms with van der Waals surface area (Å²) in [5, 5.41) is 4.48. The van der Waals surface area contributed by atoms with Crippen LogP contribution in [-0.4, -0.2) is 42.6 Å². The van der Waals surface area contributed by atoms with Gasteiger partial charge in [0, 0.05) is 29.2 Å². The highest BCUT2D eigenvalue weighted by atomic mass is 35.5. The number of nitrogens with zero attached hydrogens (tertiary/aromatic N) is 3. The Labute approximate surface area is 226 Å². The number of sulfonamides is 1. The van der Waals surface area contributed by atoms with Crippen molar-refractivity contribution in [3.8, 4) is 17.0 Å². The van der Waals surface area contributed by atoms with Gasteiger partial charge < -0.3 is 15.8 Å². The predicted molar refractivity (Wildman–Crippen MR) is 150 cm³/mol. The Kier molecular flexibility index (Phi) is 7.38. The molecule has 0 aliphatic heterocycles. The van der Waals surface area contributed by atoms with Crippen molar-refractivity contribution in [3.05, 3.63) is 65.3 Å². The van der Waals surface area contributed by atoms with Crippen LogP contribution in [0.5, 0.6) is 5.88 Å². The van der Waals surface area contributed by atoms with Crippen LogP contribution in [0.2, 0.25) is 5.02 Å². The number of halogens is 1. The fourth-order valence-corrected chi connectivity index (χ4v) is 6.29. The van der Waals surface area contributed by atoms with Crippen LogP contribution in [0.1, 0.15) is 31.2 Å². The van der Waals surface area contributed by atoms with Gasteiger partial charge in [-0.05, 0) is 74.1 Å². The fraction of sp³-hybridized carbons (Fsp3) is 0.296. The molecule has 2 aromatic heterocycles.